The van der Waals surface area contributed by atoms with E-state index in [2.05, 4.69) is 70.5 Å². The fourth-order valence-electron chi connectivity index (χ4n) is 2.59. The van der Waals surface area contributed by atoms with E-state index in [0.29, 0.717) is 5.11 Å². The van der Waals surface area contributed by atoms with Gasteiger partial charge in [0.1, 0.15) is 0 Å². The van der Waals surface area contributed by atoms with Crippen molar-refractivity contribution in [2.45, 2.75) is 6.54 Å². The molecule has 3 aromatic rings. The zero-order valence-electron chi connectivity index (χ0n) is 13.5. The van der Waals surface area contributed by atoms with Crippen LogP contribution in [0.3, 0.4) is 0 Å². The van der Waals surface area contributed by atoms with Crippen LogP contribution in [-0.4, -0.2) is 18.2 Å². The van der Waals surface area contributed by atoms with Gasteiger partial charge in [0, 0.05) is 30.7 Å². The van der Waals surface area contributed by atoms with Crippen molar-refractivity contribution in [3.05, 3.63) is 78.4 Å². The van der Waals surface area contributed by atoms with Crippen LogP contribution >= 0.6 is 12.2 Å². The average molecular weight is 335 g/mol. The molecule has 0 saturated heterocycles. The lowest BCUT2D eigenvalue weighted by molar-refractivity contribution is 0.835. The number of nitrogens with one attached hydrogen (secondary N) is 3. The maximum absolute atomic E-state index is 5.31. The second-order valence-electron chi connectivity index (χ2n) is 5.55. The Labute approximate surface area is 148 Å². The van der Waals surface area contributed by atoms with Gasteiger partial charge in [-0.3, -0.25) is 0 Å². The molecule has 0 atom stereocenters. The number of hydrogen-bond acceptors (Lipinski definition) is 2. The molecular weight excluding hydrogens is 314 g/mol. The van der Waals surface area contributed by atoms with Crippen molar-refractivity contribution >= 4 is 33.8 Å². The van der Waals surface area contributed by atoms with E-state index in [4.69, 9.17) is 12.2 Å². The zero-order valence-corrected chi connectivity index (χ0v) is 14.3. The first-order chi connectivity index (χ1) is 11.8. The summed E-state index contributed by atoms with van der Waals surface area (Å²) in [6.07, 6.45) is 0. The second kappa shape index (κ2) is 8.31. The topological polar surface area (TPSA) is 36.1 Å². The van der Waals surface area contributed by atoms with E-state index in [0.717, 1.165) is 25.3 Å². The third-order valence-electron chi connectivity index (χ3n) is 3.81. The van der Waals surface area contributed by atoms with Crippen LogP contribution in [0.5, 0.6) is 0 Å². The molecule has 0 saturated carbocycles. The zero-order chi connectivity index (χ0) is 16.6. The Balaban J connectivity index is 1.42. The molecule has 0 fully saturated rings. The summed E-state index contributed by atoms with van der Waals surface area (Å²) < 4.78 is 0. The molecule has 0 aliphatic heterocycles. The summed E-state index contributed by atoms with van der Waals surface area (Å²) >= 11 is 5.31. The highest BCUT2D eigenvalue weighted by molar-refractivity contribution is 7.80. The van der Waals surface area contributed by atoms with Gasteiger partial charge in [-0.2, -0.15) is 0 Å². The fraction of sp³-hybridized carbons (Fsp3) is 0.150. The normalized spacial score (nSPS) is 10.3. The molecule has 0 aliphatic rings. The first-order valence-electron chi connectivity index (χ1n) is 8.10. The molecule has 24 heavy (non-hydrogen) atoms. The third-order valence-corrected chi connectivity index (χ3v) is 4.10. The average Bonchev–Trinajstić information content (AvgIpc) is 2.64. The van der Waals surface area contributed by atoms with Crippen molar-refractivity contribution < 1.29 is 0 Å². The van der Waals surface area contributed by atoms with Crippen LogP contribution in [-0.2, 0) is 6.54 Å². The Kier molecular flexibility index (Phi) is 5.64. The minimum Gasteiger partial charge on any atom is -0.383 e. The van der Waals surface area contributed by atoms with Crippen molar-refractivity contribution in [3.63, 3.8) is 0 Å². The molecule has 0 amide bonds. The summed E-state index contributed by atoms with van der Waals surface area (Å²) in [6, 6.07) is 24.9. The van der Waals surface area contributed by atoms with E-state index in [1.54, 1.807) is 0 Å². The number of thiocarbonyl (C=S) groups is 1. The highest BCUT2D eigenvalue weighted by Crippen LogP contribution is 2.22. The van der Waals surface area contributed by atoms with Crippen molar-refractivity contribution in [1.29, 1.82) is 0 Å². The summed E-state index contributed by atoms with van der Waals surface area (Å²) in [5, 5.41) is 13.1. The maximum Gasteiger partial charge on any atom is 0.166 e. The fourth-order valence-corrected chi connectivity index (χ4v) is 2.77. The van der Waals surface area contributed by atoms with E-state index in [9.17, 15) is 0 Å². The molecule has 0 radical (unpaired) electrons. The number of anilines is 1. The summed E-state index contributed by atoms with van der Waals surface area (Å²) in [7, 11) is 0. The number of benzene rings is 3. The Hall–Kier alpha value is -2.59. The SMILES string of the molecule is S=C(NCCNc1cccc2ccccc12)NCc1ccccc1. The third kappa shape index (κ3) is 4.46. The van der Waals surface area contributed by atoms with Gasteiger partial charge in [0.05, 0.1) is 0 Å². The minimum atomic E-state index is 0.679. The van der Waals surface area contributed by atoms with Crippen LogP contribution < -0.4 is 16.0 Å². The molecule has 3 aromatic carbocycles. The lowest BCUT2D eigenvalue weighted by Crippen LogP contribution is -2.37. The van der Waals surface area contributed by atoms with Crippen molar-refractivity contribution in [3.8, 4) is 0 Å². The van der Waals surface area contributed by atoms with Crippen molar-refractivity contribution in [2.24, 2.45) is 0 Å². The molecule has 0 bridgehead atoms. The molecular formula is C20H21N3S. The van der Waals surface area contributed by atoms with Crippen LogP contribution in [0, 0.1) is 0 Å². The summed E-state index contributed by atoms with van der Waals surface area (Å²) in [6.45, 7) is 2.31. The summed E-state index contributed by atoms with van der Waals surface area (Å²) in [5.74, 6) is 0. The molecule has 0 unspecified atom stereocenters. The Morgan fingerprint density at radius 3 is 2.38 bits per heavy atom. The monoisotopic (exact) mass is 335 g/mol. The van der Waals surface area contributed by atoms with Gasteiger partial charge < -0.3 is 16.0 Å². The second-order valence-corrected chi connectivity index (χ2v) is 5.96. The van der Waals surface area contributed by atoms with Crippen LogP contribution in [0.4, 0.5) is 5.69 Å². The molecule has 3 N–H and O–H groups in total. The summed E-state index contributed by atoms with van der Waals surface area (Å²) in [5.41, 5.74) is 2.37. The summed E-state index contributed by atoms with van der Waals surface area (Å²) in [4.78, 5) is 0. The molecule has 0 heterocycles. The predicted octanol–water partition coefficient (Wildman–Crippen LogP) is 3.92. The van der Waals surface area contributed by atoms with E-state index in [-0.39, 0.29) is 0 Å². The number of hydrogen-bond donors (Lipinski definition) is 3. The maximum atomic E-state index is 5.31. The standard InChI is InChI=1S/C20H21N3S/c24-20(23-15-16-7-2-1-3-8-16)22-14-13-21-19-12-6-10-17-9-4-5-11-18(17)19/h1-12,21H,13-15H2,(H2,22,23,24). The molecule has 0 spiro atoms. The molecule has 0 aliphatic carbocycles. The highest BCUT2D eigenvalue weighted by atomic mass is 32.1. The van der Waals surface area contributed by atoms with E-state index in [1.807, 2.05) is 18.2 Å². The lowest BCUT2D eigenvalue weighted by atomic mass is 10.1. The largest absolute Gasteiger partial charge is 0.383 e. The predicted molar refractivity (Wildman–Crippen MR) is 106 cm³/mol. The van der Waals surface area contributed by atoms with Gasteiger partial charge in [-0.1, -0.05) is 66.7 Å². The first-order valence-corrected chi connectivity index (χ1v) is 8.51. The number of fused-ring (bicyclic) bond motifs is 1. The van der Waals surface area contributed by atoms with Crippen LogP contribution in [0.25, 0.3) is 10.8 Å². The van der Waals surface area contributed by atoms with Gasteiger partial charge in [0.2, 0.25) is 0 Å². The number of rotatable bonds is 6. The smallest absolute Gasteiger partial charge is 0.166 e. The van der Waals surface area contributed by atoms with E-state index < -0.39 is 0 Å². The molecule has 0 aromatic heterocycles. The Bertz CT molecular complexity index is 797. The molecule has 3 nitrogen and oxygen atoms in total. The van der Waals surface area contributed by atoms with Crippen molar-refractivity contribution in [2.75, 3.05) is 18.4 Å². The van der Waals surface area contributed by atoms with Gasteiger partial charge >= 0.3 is 0 Å². The van der Waals surface area contributed by atoms with Crippen molar-refractivity contribution in [1.82, 2.24) is 10.6 Å². The molecule has 122 valence electrons. The molecule has 4 heteroatoms. The Morgan fingerprint density at radius 1 is 0.750 bits per heavy atom. The first kappa shape index (κ1) is 16.3. The van der Waals surface area contributed by atoms with E-state index >= 15 is 0 Å². The van der Waals surface area contributed by atoms with Crippen LogP contribution in [0.1, 0.15) is 5.56 Å². The van der Waals surface area contributed by atoms with Crippen LogP contribution in [0.2, 0.25) is 0 Å². The Morgan fingerprint density at radius 2 is 1.50 bits per heavy atom. The van der Waals surface area contributed by atoms with E-state index in [1.165, 1.54) is 16.3 Å². The minimum absolute atomic E-state index is 0.679. The van der Waals surface area contributed by atoms with Gasteiger partial charge in [-0.25, -0.2) is 0 Å². The van der Waals surface area contributed by atoms with Gasteiger partial charge in [-0.15, -0.1) is 0 Å². The lowest BCUT2D eigenvalue weighted by Gasteiger charge is -2.13. The van der Waals surface area contributed by atoms with Gasteiger partial charge in [0.15, 0.2) is 5.11 Å². The van der Waals surface area contributed by atoms with Gasteiger partial charge in [-0.05, 0) is 29.2 Å². The molecule has 3 rings (SSSR count). The highest BCUT2D eigenvalue weighted by Gasteiger charge is 2.00. The quantitative estimate of drug-likeness (QED) is 0.471. The van der Waals surface area contributed by atoms with Crippen LogP contribution in [0.15, 0.2) is 72.8 Å². The van der Waals surface area contributed by atoms with Gasteiger partial charge in [0.25, 0.3) is 0 Å².